The number of nitriles is 2. The van der Waals surface area contributed by atoms with Gasteiger partial charge in [0, 0.05) is 59.1 Å². The van der Waals surface area contributed by atoms with Gasteiger partial charge < -0.3 is 9.97 Å². The summed E-state index contributed by atoms with van der Waals surface area (Å²) in [6.07, 6.45) is 15.8. The summed E-state index contributed by atoms with van der Waals surface area (Å²) in [6, 6.07) is 12.5. The Hall–Kier alpha value is -5.22. The molecule has 6 rings (SSSR count). The molecule has 2 atom stereocenters. The van der Waals surface area contributed by atoms with E-state index in [-0.39, 0.29) is 12.1 Å². The number of nitrogens with one attached hydrogen (secondary N) is 2. The smallest absolute Gasteiger partial charge is 0.137 e. The lowest BCUT2D eigenvalue weighted by atomic mass is 10.1. The van der Waals surface area contributed by atoms with E-state index >= 15 is 0 Å². The summed E-state index contributed by atoms with van der Waals surface area (Å²) in [5.41, 5.74) is 6.02. The fraction of sp³-hybridized carbons (Fsp3) is 0.214. The first-order valence-electron chi connectivity index (χ1n) is 12.3. The van der Waals surface area contributed by atoms with Crippen LogP contribution in [-0.4, -0.2) is 39.5 Å². The fourth-order valence-electron chi connectivity index (χ4n) is 4.31. The van der Waals surface area contributed by atoms with Crippen LogP contribution < -0.4 is 0 Å². The zero-order valence-electron chi connectivity index (χ0n) is 21.1. The lowest BCUT2D eigenvalue weighted by Crippen LogP contribution is -2.03. The van der Waals surface area contributed by atoms with Crippen molar-refractivity contribution in [2.45, 2.75) is 38.8 Å². The van der Waals surface area contributed by atoms with Gasteiger partial charge in [-0.15, -0.1) is 0 Å². The van der Waals surface area contributed by atoms with E-state index < -0.39 is 0 Å². The molecule has 0 aromatic carbocycles. The molecule has 10 heteroatoms. The first-order chi connectivity index (χ1) is 18.6. The molecular formula is C28H26N10. The topological polar surface area (TPSA) is 141 Å². The summed E-state index contributed by atoms with van der Waals surface area (Å²) in [7, 11) is 0. The van der Waals surface area contributed by atoms with Crippen LogP contribution in [0.5, 0.6) is 0 Å². The third kappa shape index (κ3) is 4.88. The molecule has 188 valence electrons. The molecule has 0 radical (unpaired) electrons. The maximum atomic E-state index is 8.73. The first-order valence-corrected chi connectivity index (χ1v) is 12.3. The lowest BCUT2D eigenvalue weighted by molar-refractivity contribution is 0.500. The Balaban J connectivity index is 0.000000155. The van der Waals surface area contributed by atoms with E-state index in [1.807, 2.05) is 84.7 Å². The maximum absolute atomic E-state index is 8.73. The van der Waals surface area contributed by atoms with Crippen LogP contribution in [0.2, 0.25) is 0 Å². The van der Waals surface area contributed by atoms with Crippen molar-refractivity contribution in [2.75, 3.05) is 0 Å². The van der Waals surface area contributed by atoms with Gasteiger partial charge in [0.15, 0.2) is 0 Å². The highest BCUT2D eigenvalue weighted by atomic mass is 15.3. The van der Waals surface area contributed by atoms with E-state index in [1.165, 1.54) is 0 Å². The van der Waals surface area contributed by atoms with Crippen molar-refractivity contribution < 1.29 is 0 Å². The van der Waals surface area contributed by atoms with Crippen molar-refractivity contribution in [1.82, 2.24) is 39.5 Å². The van der Waals surface area contributed by atoms with Crippen molar-refractivity contribution in [1.29, 1.82) is 10.5 Å². The highest BCUT2D eigenvalue weighted by Gasteiger charge is 2.12. The molecular weight excluding hydrogens is 476 g/mol. The van der Waals surface area contributed by atoms with Gasteiger partial charge in [-0.05, 0) is 49.2 Å². The zero-order chi connectivity index (χ0) is 26.5. The van der Waals surface area contributed by atoms with E-state index in [1.54, 1.807) is 12.4 Å². The minimum Gasteiger partial charge on any atom is -0.346 e. The van der Waals surface area contributed by atoms with E-state index in [0.717, 1.165) is 44.3 Å². The average Bonchev–Trinajstić information content (AvgIpc) is 3.75. The molecule has 38 heavy (non-hydrogen) atoms. The van der Waals surface area contributed by atoms with Crippen molar-refractivity contribution in [2.24, 2.45) is 0 Å². The summed E-state index contributed by atoms with van der Waals surface area (Å²) in [5.74, 6) is 0. The lowest BCUT2D eigenvalue weighted by Gasteiger charge is -2.06. The molecule has 0 amide bonds. The van der Waals surface area contributed by atoms with Crippen molar-refractivity contribution >= 4 is 22.1 Å². The Morgan fingerprint density at radius 1 is 0.737 bits per heavy atom. The fourth-order valence-corrected chi connectivity index (χ4v) is 4.31. The Morgan fingerprint density at radius 2 is 1.18 bits per heavy atom. The van der Waals surface area contributed by atoms with E-state index in [9.17, 15) is 0 Å². The molecule has 0 bridgehead atoms. The van der Waals surface area contributed by atoms with E-state index in [2.05, 4.69) is 42.3 Å². The van der Waals surface area contributed by atoms with Crippen molar-refractivity contribution in [3.05, 3.63) is 73.8 Å². The van der Waals surface area contributed by atoms with Crippen molar-refractivity contribution in [3.8, 4) is 34.4 Å². The van der Waals surface area contributed by atoms with Gasteiger partial charge in [-0.3, -0.25) is 9.36 Å². The number of aromatic nitrogens is 8. The zero-order valence-corrected chi connectivity index (χ0v) is 21.1. The van der Waals surface area contributed by atoms with Crippen LogP contribution in [0.1, 0.15) is 38.8 Å². The van der Waals surface area contributed by atoms with Gasteiger partial charge in [0.25, 0.3) is 0 Å². The number of hydrogen-bond acceptors (Lipinski definition) is 6. The standard InChI is InChI=1S/2C14H13N5/c2*1-10(2-5-15)19-9-11(8-18-19)12-3-6-16-14-13(12)4-7-17-14/h2*3-4,6-10H,2H2,1H3,(H,16,17)/t2*10-/m10/s1. The molecule has 0 aliphatic carbocycles. The van der Waals surface area contributed by atoms with Crippen LogP contribution in [0.3, 0.4) is 0 Å². The van der Waals surface area contributed by atoms with Gasteiger partial charge in [-0.2, -0.15) is 20.7 Å². The van der Waals surface area contributed by atoms with Gasteiger partial charge in [0.2, 0.25) is 0 Å². The molecule has 6 aromatic rings. The van der Waals surface area contributed by atoms with Gasteiger partial charge in [-0.25, -0.2) is 9.97 Å². The van der Waals surface area contributed by atoms with Gasteiger partial charge in [0.05, 0.1) is 49.5 Å². The summed E-state index contributed by atoms with van der Waals surface area (Å²) >= 11 is 0. The monoisotopic (exact) mass is 502 g/mol. The van der Waals surface area contributed by atoms with Crippen LogP contribution in [0.4, 0.5) is 0 Å². The molecule has 0 saturated heterocycles. The highest BCUT2D eigenvalue weighted by molar-refractivity contribution is 5.93. The summed E-state index contributed by atoms with van der Waals surface area (Å²) in [6.45, 7) is 3.97. The van der Waals surface area contributed by atoms with E-state index in [0.29, 0.717) is 12.8 Å². The SMILES string of the molecule is C[C@@H](CC#N)n1cc(-c2ccnc3[nH]ccc23)cn1.C[C@H](CC#N)n1cc(-c2ccnc3[nH]ccc23)cn1. The second-order valence-corrected chi connectivity index (χ2v) is 9.04. The minimum absolute atomic E-state index is 0.0855. The number of fused-ring (bicyclic) bond motifs is 2. The predicted molar refractivity (Wildman–Crippen MR) is 145 cm³/mol. The molecule has 0 aliphatic rings. The molecule has 0 aliphatic heterocycles. The summed E-state index contributed by atoms with van der Waals surface area (Å²) in [4.78, 5) is 14.7. The number of nitrogens with zero attached hydrogens (tertiary/aromatic N) is 8. The Labute approximate surface area is 219 Å². The molecule has 0 unspecified atom stereocenters. The second kappa shape index (κ2) is 10.8. The Bertz CT molecular complexity index is 1620. The van der Waals surface area contributed by atoms with Gasteiger partial charge in [-0.1, -0.05) is 0 Å². The summed E-state index contributed by atoms with van der Waals surface area (Å²) in [5, 5.41) is 28.3. The normalized spacial score (nSPS) is 12.4. The number of aromatic amines is 2. The number of H-pyrrole nitrogens is 2. The predicted octanol–water partition coefficient (Wildman–Crippen LogP) is 5.80. The molecule has 6 aromatic heterocycles. The van der Waals surface area contributed by atoms with E-state index in [4.69, 9.17) is 10.5 Å². The average molecular weight is 503 g/mol. The van der Waals surface area contributed by atoms with Crippen LogP contribution in [-0.2, 0) is 0 Å². The third-order valence-electron chi connectivity index (χ3n) is 6.42. The quantitative estimate of drug-likeness (QED) is 0.295. The Kier molecular flexibility index (Phi) is 6.96. The van der Waals surface area contributed by atoms with Crippen LogP contribution in [0.15, 0.2) is 73.8 Å². The van der Waals surface area contributed by atoms with Crippen LogP contribution in [0, 0.1) is 22.7 Å². The molecule has 0 saturated carbocycles. The largest absolute Gasteiger partial charge is 0.346 e. The van der Waals surface area contributed by atoms with Crippen molar-refractivity contribution in [3.63, 3.8) is 0 Å². The number of rotatable bonds is 6. The van der Waals surface area contributed by atoms with Gasteiger partial charge >= 0.3 is 0 Å². The van der Waals surface area contributed by atoms with Gasteiger partial charge in [0.1, 0.15) is 11.3 Å². The molecule has 2 N–H and O–H groups in total. The molecule has 6 heterocycles. The van der Waals surface area contributed by atoms with Crippen LogP contribution >= 0.6 is 0 Å². The minimum atomic E-state index is 0.0855. The third-order valence-corrected chi connectivity index (χ3v) is 6.42. The highest BCUT2D eigenvalue weighted by Crippen LogP contribution is 2.28. The Morgan fingerprint density at radius 3 is 1.61 bits per heavy atom. The number of pyridine rings is 2. The number of hydrogen-bond donors (Lipinski definition) is 2. The second-order valence-electron chi connectivity index (χ2n) is 9.04. The molecule has 10 nitrogen and oxygen atoms in total. The molecule has 0 spiro atoms. The first kappa shape index (κ1) is 24.5. The molecule has 0 fully saturated rings. The van der Waals surface area contributed by atoms with Crippen LogP contribution in [0.25, 0.3) is 44.3 Å². The maximum Gasteiger partial charge on any atom is 0.137 e. The summed E-state index contributed by atoms with van der Waals surface area (Å²) < 4.78 is 3.66.